The van der Waals surface area contributed by atoms with Gasteiger partial charge in [0.25, 0.3) is 15.9 Å². The number of nitrogens with two attached hydrogens (primary N) is 1. The molecule has 1 aromatic carbocycles. The van der Waals surface area contributed by atoms with Gasteiger partial charge in [0.05, 0.1) is 11.1 Å². The van der Waals surface area contributed by atoms with Gasteiger partial charge in [-0.2, -0.15) is 0 Å². The van der Waals surface area contributed by atoms with Crippen molar-refractivity contribution in [3.63, 3.8) is 0 Å². The number of amides is 1. The smallest absolute Gasteiger partial charge is 0.260 e. The van der Waals surface area contributed by atoms with Crippen molar-refractivity contribution in [1.29, 1.82) is 0 Å². The highest BCUT2D eigenvalue weighted by atomic mass is 32.2. The summed E-state index contributed by atoms with van der Waals surface area (Å²) in [5.41, 5.74) is -0.0673. The van der Waals surface area contributed by atoms with Crippen LogP contribution in [0.1, 0.15) is 29.6 Å². The molecule has 4 rings (SSSR count). The second-order valence-electron chi connectivity index (χ2n) is 7.88. The number of anilines is 2. The Hall–Kier alpha value is -3.32. The quantitative estimate of drug-likeness (QED) is 0.534. The molecule has 8 nitrogen and oxygen atoms in total. The van der Waals surface area contributed by atoms with Gasteiger partial charge in [-0.3, -0.25) is 4.79 Å². The number of aromatic nitrogens is 2. The zero-order chi connectivity index (χ0) is 24.7. The molecular weight excluding hydrogens is 478 g/mol. The van der Waals surface area contributed by atoms with Gasteiger partial charge < -0.3 is 10.2 Å². The number of sulfonamides is 1. The van der Waals surface area contributed by atoms with Crippen molar-refractivity contribution in [2.75, 3.05) is 23.3 Å². The van der Waals surface area contributed by atoms with E-state index >= 15 is 0 Å². The van der Waals surface area contributed by atoms with Gasteiger partial charge in [0.15, 0.2) is 16.7 Å². The van der Waals surface area contributed by atoms with Gasteiger partial charge in [0.1, 0.15) is 11.6 Å². The maximum atomic E-state index is 13.9. The number of alkyl halides is 2. The first-order chi connectivity index (χ1) is 15.9. The molecule has 0 atom stereocenters. The summed E-state index contributed by atoms with van der Waals surface area (Å²) in [5.74, 6) is -6.10. The fraction of sp³-hybridized carbons (Fsp3) is 0.286. The number of carbonyl (C=O) groups is 1. The SMILES string of the molecule is NS(=O)(=O)c1cccc(NC(=O)c2cc3cc(F)c(F)cc3nc2N2CCCC(F)(F)CC2)n1. The predicted octanol–water partition coefficient (Wildman–Crippen LogP) is 3.43. The fourth-order valence-electron chi connectivity index (χ4n) is 3.67. The normalized spacial score (nSPS) is 16.3. The molecule has 13 heteroatoms. The summed E-state index contributed by atoms with van der Waals surface area (Å²) in [6, 6.07) is 6.78. The number of halogens is 4. The number of nitrogens with one attached hydrogen (secondary N) is 1. The Labute approximate surface area is 191 Å². The van der Waals surface area contributed by atoms with Gasteiger partial charge in [0, 0.05) is 37.4 Å². The minimum absolute atomic E-state index is 0.0105. The fourth-order valence-corrected chi connectivity index (χ4v) is 4.16. The average molecular weight is 497 g/mol. The molecule has 1 fully saturated rings. The number of benzene rings is 1. The van der Waals surface area contributed by atoms with Gasteiger partial charge in [-0.1, -0.05) is 6.07 Å². The largest absolute Gasteiger partial charge is 0.356 e. The average Bonchev–Trinajstić information content (AvgIpc) is 2.94. The first-order valence-electron chi connectivity index (χ1n) is 10.2. The summed E-state index contributed by atoms with van der Waals surface area (Å²) in [7, 11) is -4.14. The molecule has 1 aliphatic heterocycles. The molecule has 0 unspecified atom stereocenters. The Morgan fingerprint density at radius 2 is 1.79 bits per heavy atom. The lowest BCUT2D eigenvalue weighted by atomic mass is 10.1. The molecule has 2 aromatic heterocycles. The number of carbonyl (C=O) groups excluding carboxylic acids is 1. The molecule has 0 saturated carbocycles. The monoisotopic (exact) mass is 497 g/mol. The Morgan fingerprint density at radius 3 is 2.53 bits per heavy atom. The van der Waals surface area contributed by atoms with E-state index in [9.17, 15) is 30.8 Å². The number of nitrogens with zero attached hydrogens (tertiary/aromatic N) is 3. The number of fused-ring (bicyclic) bond motifs is 1. The van der Waals surface area contributed by atoms with Crippen molar-refractivity contribution in [1.82, 2.24) is 9.97 Å². The first kappa shape index (κ1) is 23.8. The molecular formula is C21H19F4N5O3S. The third kappa shape index (κ3) is 5.09. The maximum absolute atomic E-state index is 13.9. The number of pyridine rings is 2. The van der Waals surface area contributed by atoms with E-state index in [-0.39, 0.29) is 54.0 Å². The zero-order valence-electron chi connectivity index (χ0n) is 17.6. The van der Waals surface area contributed by atoms with Gasteiger partial charge >= 0.3 is 0 Å². The van der Waals surface area contributed by atoms with Gasteiger partial charge in [-0.25, -0.2) is 41.1 Å². The van der Waals surface area contributed by atoms with E-state index in [1.165, 1.54) is 23.1 Å². The molecule has 0 bridgehead atoms. The molecule has 1 saturated heterocycles. The maximum Gasteiger partial charge on any atom is 0.260 e. The van der Waals surface area contributed by atoms with E-state index in [0.29, 0.717) is 0 Å². The summed E-state index contributed by atoms with van der Waals surface area (Å²) in [5, 5.41) is 7.12. The molecule has 0 aliphatic carbocycles. The predicted molar refractivity (Wildman–Crippen MR) is 116 cm³/mol. The highest BCUT2D eigenvalue weighted by Gasteiger charge is 2.33. The van der Waals surface area contributed by atoms with Gasteiger partial charge in [0.2, 0.25) is 5.92 Å². The lowest BCUT2D eigenvalue weighted by Crippen LogP contribution is -2.29. The molecule has 0 spiro atoms. The van der Waals surface area contributed by atoms with E-state index in [0.717, 1.165) is 18.2 Å². The topological polar surface area (TPSA) is 118 Å². The van der Waals surface area contributed by atoms with Gasteiger partial charge in [-0.05, 0) is 30.7 Å². The lowest BCUT2D eigenvalue weighted by molar-refractivity contribution is -0.0102. The van der Waals surface area contributed by atoms with E-state index < -0.39 is 44.9 Å². The number of rotatable bonds is 4. The van der Waals surface area contributed by atoms with Crippen LogP contribution < -0.4 is 15.4 Å². The summed E-state index contributed by atoms with van der Waals surface area (Å²) in [6.45, 7) is 0.0474. The highest BCUT2D eigenvalue weighted by molar-refractivity contribution is 7.89. The summed E-state index contributed by atoms with van der Waals surface area (Å²) in [4.78, 5) is 22.7. The van der Waals surface area contributed by atoms with E-state index in [1.807, 2.05) is 0 Å². The van der Waals surface area contributed by atoms with Gasteiger partial charge in [-0.15, -0.1) is 0 Å². The summed E-state index contributed by atoms with van der Waals surface area (Å²) < 4.78 is 78.5. The van der Waals surface area contributed by atoms with E-state index in [4.69, 9.17) is 5.14 Å². The van der Waals surface area contributed by atoms with Crippen molar-refractivity contribution < 1.29 is 30.8 Å². The summed E-state index contributed by atoms with van der Waals surface area (Å²) in [6.07, 6.45) is -0.671. The second-order valence-corrected chi connectivity index (χ2v) is 9.38. The van der Waals surface area contributed by atoms with Crippen molar-refractivity contribution >= 4 is 38.5 Å². The second kappa shape index (κ2) is 8.80. The molecule has 1 aliphatic rings. The van der Waals surface area contributed by atoms with Crippen molar-refractivity contribution in [2.45, 2.75) is 30.2 Å². The highest BCUT2D eigenvalue weighted by Crippen LogP contribution is 2.32. The molecule has 1 amide bonds. The molecule has 0 radical (unpaired) electrons. The molecule has 180 valence electrons. The minimum atomic E-state index is -4.14. The van der Waals surface area contributed by atoms with E-state index in [1.54, 1.807) is 0 Å². The Bertz CT molecular complexity index is 1380. The lowest BCUT2D eigenvalue weighted by Gasteiger charge is -2.24. The van der Waals surface area contributed by atoms with Crippen LogP contribution in [0.15, 0.2) is 41.4 Å². The van der Waals surface area contributed by atoms with E-state index in [2.05, 4.69) is 15.3 Å². The van der Waals surface area contributed by atoms with Crippen LogP contribution in [-0.4, -0.2) is 43.3 Å². The Balaban J connectivity index is 1.77. The first-order valence-corrected chi connectivity index (χ1v) is 11.7. The molecule has 3 aromatic rings. The van der Waals surface area contributed by atoms with Crippen LogP contribution in [0, 0.1) is 11.6 Å². The van der Waals surface area contributed by atoms with Crippen LogP contribution in [0.3, 0.4) is 0 Å². The van der Waals surface area contributed by atoms with Crippen LogP contribution >= 0.6 is 0 Å². The third-order valence-electron chi connectivity index (χ3n) is 5.36. The number of hydrogen-bond donors (Lipinski definition) is 2. The Morgan fingerprint density at radius 1 is 1.06 bits per heavy atom. The molecule has 3 heterocycles. The van der Waals surface area contributed by atoms with Crippen LogP contribution in [0.4, 0.5) is 29.2 Å². The standard InChI is InChI=1S/C21H19F4N5O3S/c22-14-10-12-9-13(20(31)29-17-3-1-4-18(28-17)34(26,32)33)19(27-16(12)11-15(14)23)30-7-2-5-21(24,25)6-8-30/h1,3-4,9-11H,2,5-8H2,(H2,26,32,33)(H,28,29,31). The molecule has 3 N–H and O–H groups in total. The number of hydrogen-bond acceptors (Lipinski definition) is 6. The summed E-state index contributed by atoms with van der Waals surface area (Å²) >= 11 is 0. The number of primary sulfonamides is 1. The molecule has 34 heavy (non-hydrogen) atoms. The minimum Gasteiger partial charge on any atom is -0.356 e. The Kier molecular flexibility index (Phi) is 6.16. The van der Waals surface area contributed by atoms with Crippen LogP contribution in [0.25, 0.3) is 10.9 Å². The van der Waals surface area contributed by atoms with Crippen molar-refractivity contribution in [3.05, 3.63) is 53.6 Å². The van der Waals surface area contributed by atoms with Crippen LogP contribution in [-0.2, 0) is 10.0 Å². The van der Waals surface area contributed by atoms with Crippen molar-refractivity contribution in [3.8, 4) is 0 Å². The van der Waals surface area contributed by atoms with Crippen LogP contribution in [0.2, 0.25) is 0 Å². The van der Waals surface area contributed by atoms with Crippen molar-refractivity contribution in [2.24, 2.45) is 5.14 Å². The zero-order valence-corrected chi connectivity index (χ0v) is 18.4. The van der Waals surface area contributed by atoms with Crippen LogP contribution in [0.5, 0.6) is 0 Å². The third-order valence-corrected chi connectivity index (χ3v) is 6.17.